The third-order valence-electron chi connectivity index (χ3n) is 1.82. The van der Waals surface area contributed by atoms with Crippen LogP contribution in [0.25, 0.3) is 0 Å². The van der Waals surface area contributed by atoms with E-state index in [9.17, 15) is 9.59 Å². The van der Waals surface area contributed by atoms with E-state index in [1.165, 1.54) is 0 Å². The minimum atomic E-state index is -0.814. The summed E-state index contributed by atoms with van der Waals surface area (Å²) in [7, 11) is 0. The number of rotatable bonds is 7. The zero-order valence-electron chi connectivity index (χ0n) is 8.14. The summed E-state index contributed by atoms with van der Waals surface area (Å²) in [5.74, 6) is 0.458. The number of aliphatic carboxylic acids is 1. The molecule has 15 heavy (non-hydrogen) atoms. The summed E-state index contributed by atoms with van der Waals surface area (Å²) in [5.41, 5.74) is 0. The van der Waals surface area contributed by atoms with Crippen molar-refractivity contribution >= 4 is 12.4 Å². The molecule has 0 unspecified atom stereocenters. The minimum absolute atomic E-state index is 0.114. The molecule has 0 aliphatic carbocycles. The molecule has 0 fully saturated rings. The lowest BCUT2D eigenvalue weighted by Gasteiger charge is -1.95. The summed E-state index contributed by atoms with van der Waals surface area (Å²) in [6.07, 6.45) is 1.24. The Kier molecular flexibility index (Phi) is 4.40. The maximum Gasteiger partial charge on any atom is 0.303 e. The van der Waals surface area contributed by atoms with Crippen LogP contribution in [0.4, 0.5) is 0 Å². The maximum absolute atomic E-state index is 10.2. The van der Waals surface area contributed by atoms with Gasteiger partial charge in [-0.1, -0.05) is 0 Å². The minimum Gasteiger partial charge on any atom is -0.481 e. The molecule has 0 spiro atoms. The number of furan rings is 1. The molecule has 0 amide bonds. The zero-order chi connectivity index (χ0) is 11.1. The van der Waals surface area contributed by atoms with Crippen LogP contribution in [-0.4, -0.2) is 17.5 Å². The molecule has 1 aromatic heterocycles. The van der Waals surface area contributed by atoms with Gasteiger partial charge in [-0.3, -0.25) is 9.59 Å². The predicted octanol–water partition coefficient (Wildman–Crippen LogP) is 1.36. The van der Waals surface area contributed by atoms with Crippen molar-refractivity contribution in [1.82, 2.24) is 0 Å². The lowest BCUT2D eigenvalue weighted by atomic mass is 10.2. The fourth-order valence-electron chi connectivity index (χ4n) is 1.16. The van der Waals surface area contributed by atoms with Crippen molar-refractivity contribution < 1.29 is 23.8 Å². The third-order valence-corrected chi connectivity index (χ3v) is 1.82. The van der Waals surface area contributed by atoms with Crippen LogP contribution in [-0.2, 0) is 27.4 Å². The van der Waals surface area contributed by atoms with Crippen LogP contribution >= 0.6 is 0 Å². The van der Waals surface area contributed by atoms with Crippen molar-refractivity contribution in [2.24, 2.45) is 0 Å². The molecule has 1 rings (SSSR count). The molecule has 1 aromatic rings. The monoisotopic (exact) mass is 212 g/mol. The van der Waals surface area contributed by atoms with Gasteiger partial charge in [0.1, 0.15) is 18.1 Å². The molecule has 5 nitrogen and oxygen atoms in total. The van der Waals surface area contributed by atoms with Crippen molar-refractivity contribution in [2.45, 2.75) is 25.9 Å². The normalized spacial score (nSPS) is 9.87. The summed E-state index contributed by atoms with van der Waals surface area (Å²) in [4.78, 5) is 20.1. The lowest BCUT2D eigenvalue weighted by Crippen LogP contribution is -1.95. The highest BCUT2D eigenvalue weighted by atomic mass is 16.5. The predicted molar refractivity (Wildman–Crippen MR) is 50.1 cm³/mol. The van der Waals surface area contributed by atoms with E-state index in [1.807, 2.05) is 0 Å². The lowest BCUT2D eigenvalue weighted by molar-refractivity contribution is -0.137. The molecule has 0 atom stereocenters. The van der Waals surface area contributed by atoms with Crippen molar-refractivity contribution in [1.29, 1.82) is 0 Å². The third kappa shape index (κ3) is 4.30. The summed E-state index contributed by atoms with van der Waals surface area (Å²) < 4.78 is 9.80. The Morgan fingerprint density at radius 2 is 2.20 bits per heavy atom. The Hall–Kier alpha value is -1.78. The Labute approximate surface area is 86.6 Å². The van der Waals surface area contributed by atoms with Crippen molar-refractivity contribution in [2.75, 3.05) is 0 Å². The molecule has 0 bridgehead atoms. The highest BCUT2D eigenvalue weighted by Gasteiger charge is 2.03. The number of hydrogen-bond acceptors (Lipinski definition) is 4. The number of aryl methyl sites for hydroxylation is 1. The van der Waals surface area contributed by atoms with E-state index in [0.29, 0.717) is 30.8 Å². The van der Waals surface area contributed by atoms with Gasteiger partial charge < -0.3 is 14.3 Å². The number of carbonyl (C=O) groups excluding carboxylic acids is 1. The van der Waals surface area contributed by atoms with Gasteiger partial charge in [-0.05, 0) is 18.6 Å². The van der Waals surface area contributed by atoms with E-state index in [4.69, 9.17) is 9.52 Å². The van der Waals surface area contributed by atoms with Gasteiger partial charge in [-0.2, -0.15) is 0 Å². The van der Waals surface area contributed by atoms with E-state index >= 15 is 0 Å². The number of carbonyl (C=O) groups is 2. The molecule has 0 aromatic carbocycles. The van der Waals surface area contributed by atoms with Crippen molar-refractivity contribution in [3.63, 3.8) is 0 Å². The first-order valence-electron chi connectivity index (χ1n) is 4.57. The first-order chi connectivity index (χ1) is 7.22. The second kappa shape index (κ2) is 5.85. The summed E-state index contributed by atoms with van der Waals surface area (Å²) >= 11 is 0. The molecule has 0 aliphatic rings. The molecule has 0 aliphatic heterocycles. The van der Waals surface area contributed by atoms with Crippen LogP contribution in [0.5, 0.6) is 0 Å². The smallest absolute Gasteiger partial charge is 0.303 e. The van der Waals surface area contributed by atoms with Gasteiger partial charge in [0.25, 0.3) is 6.47 Å². The van der Waals surface area contributed by atoms with Crippen molar-refractivity contribution in [3.05, 3.63) is 23.7 Å². The molecular weight excluding hydrogens is 200 g/mol. The number of carboxylic acids is 1. The molecule has 0 saturated heterocycles. The highest BCUT2D eigenvalue weighted by molar-refractivity contribution is 5.66. The average molecular weight is 212 g/mol. The van der Waals surface area contributed by atoms with E-state index in [1.54, 1.807) is 12.1 Å². The quantitative estimate of drug-likeness (QED) is 0.690. The second-order valence-electron chi connectivity index (χ2n) is 3.02. The van der Waals surface area contributed by atoms with Gasteiger partial charge in [0.15, 0.2) is 0 Å². The number of carboxylic acid groups (broad SMARTS) is 1. The van der Waals surface area contributed by atoms with Crippen LogP contribution in [0.3, 0.4) is 0 Å². The summed E-state index contributed by atoms with van der Waals surface area (Å²) in [6, 6.07) is 3.46. The SMILES string of the molecule is O=COCc1ccc(CCCC(=O)O)o1. The van der Waals surface area contributed by atoms with Gasteiger partial charge in [-0.25, -0.2) is 0 Å². The molecule has 82 valence electrons. The molecule has 1 heterocycles. The summed E-state index contributed by atoms with van der Waals surface area (Å²) in [5, 5.41) is 8.42. The van der Waals surface area contributed by atoms with E-state index < -0.39 is 5.97 Å². The van der Waals surface area contributed by atoms with E-state index in [2.05, 4.69) is 4.74 Å². The van der Waals surface area contributed by atoms with E-state index in [-0.39, 0.29) is 13.0 Å². The van der Waals surface area contributed by atoms with Crippen LogP contribution in [0.1, 0.15) is 24.4 Å². The topological polar surface area (TPSA) is 76.7 Å². The van der Waals surface area contributed by atoms with Gasteiger partial charge in [0, 0.05) is 12.8 Å². The summed E-state index contributed by atoms with van der Waals surface area (Å²) in [6.45, 7) is 0.467. The van der Waals surface area contributed by atoms with Gasteiger partial charge in [0.2, 0.25) is 0 Å². The fraction of sp³-hybridized carbons (Fsp3) is 0.400. The standard InChI is InChI=1S/C10H12O5/c11-7-14-6-9-5-4-8(15-9)2-1-3-10(12)13/h4-5,7H,1-3,6H2,(H,12,13). The highest BCUT2D eigenvalue weighted by Crippen LogP contribution is 2.11. The largest absolute Gasteiger partial charge is 0.481 e. The Morgan fingerprint density at radius 1 is 1.47 bits per heavy atom. The maximum atomic E-state index is 10.2. The molecule has 0 radical (unpaired) electrons. The van der Waals surface area contributed by atoms with Crippen molar-refractivity contribution in [3.8, 4) is 0 Å². The van der Waals surface area contributed by atoms with Gasteiger partial charge in [0.05, 0.1) is 0 Å². The van der Waals surface area contributed by atoms with Crippen LogP contribution < -0.4 is 0 Å². The molecular formula is C10H12O5. The average Bonchev–Trinajstić information content (AvgIpc) is 2.62. The van der Waals surface area contributed by atoms with Crippen LogP contribution in [0.2, 0.25) is 0 Å². The molecule has 0 saturated carbocycles. The second-order valence-corrected chi connectivity index (χ2v) is 3.02. The zero-order valence-corrected chi connectivity index (χ0v) is 8.14. The first-order valence-corrected chi connectivity index (χ1v) is 4.57. The number of hydrogen-bond donors (Lipinski definition) is 1. The molecule has 1 N–H and O–H groups in total. The van der Waals surface area contributed by atoms with Gasteiger partial charge >= 0.3 is 5.97 Å². The van der Waals surface area contributed by atoms with Crippen LogP contribution in [0.15, 0.2) is 16.5 Å². The Morgan fingerprint density at radius 3 is 2.87 bits per heavy atom. The fourth-order valence-corrected chi connectivity index (χ4v) is 1.16. The first kappa shape index (κ1) is 11.3. The molecule has 5 heteroatoms. The van der Waals surface area contributed by atoms with E-state index in [0.717, 1.165) is 0 Å². The van der Waals surface area contributed by atoms with Gasteiger partial charge in [-0.15, -0.1) is 0 Å². The Bertz CT molecular complexity index is 328. The number of ether oxygens (including phenoxy) is 1. The Balaban J connectivity index is 2.32. The van der Waals surface area contributed by atoms with Crippen LogP contribution in [0, 0.1) is 0 Å².